The van der Waals surface area contributed by atoms with Crippen LogP contribution >= 0.6 is 0 Å². The van der Waals surface area contributed by atoms with E-state index in [1.165, 1.54) is 5.56 Å². The van der Waals surface area contributed by atoms with Crippen molar-refractivity contribution in [3.8, 4) is 101 Å². The molecule has 1 aromatic heterocycles. The Balaban J connectivity index is 1.16. The van der Waals surface area contributed by atoms with Gasteiger partial charge in [0.05, 0.1) is 9.79 Å². The predicted octanol–water partition coefficient (Wildman–Crippen LogP) is 14.7. The molecule has 0 atom stereocenters. The van der Waals surface area contributed by atoms with Gasteiger partial charge in [0.2, 0.25) is 9.84 Å². The van der Waals surface area contributed by atoms with E-state index >= 15 is 8.42 Å². The van der Waals surface area contributed by atoms with Crippen molar-refractivity contribution in [1.82, 2.24) is 15.0 Å². The SMILES string of the molecule is CC1(C)c2ccccc2-c2cc3c(cc21)S(=O)(=O)c1ccccc1-c1ccccc1-c1ccccc1-c1ccc(-c2nc(-c4ccccc4)nc(-c4ccc(-c5ccccc5)cc4)n2)cc1-3. The first-order chi connectivity index (χ1) is 32.2. The summed E-state index contributed by atoms with van der Waals surface area (Å²) < 4.78 is 31.7. The molecule has 0 N–H and O–H groups in total. The Morgan fingerprint density at radius 2 is 0.727 bits per heavy atom. The summed E-state index contributed by atoms with van der Waals surface area (Å²) in [6.45, 7) is 4.37. The highest BCUT2D eigenvalue weighted by atomic mass is 32.2. The summed E-state index contributed by atoms with van der Waals surface area (Å²) in [6.07, 6.45) is 0. The number of aromatic nitrogens is 3. The highest BCUT2D eigenvalue weighted by Crippen LogP contribution is 2.54. The van der Waals surface area contributed by atoms with Crippen LogP contribution in [0, 0.1) is 0 Å². The van der Waals surface area contributed by atoms with Gasteiger partial charge in [-0.15, -0.1) is 0 Å². The summed E-state index contributed by atoms with van der Waals surface area (Å²) in [6, 6.07) is 71.3. The van der Waals surface area contributed by atoms with Crippen molar-refractivity contribution in [2.45, 2.75) is 29.1 Å². The maximum atomic E-state index is 15.9. The van der Waals surface area contributed by atoms with E-state index < -0.39 is 15.3 Å². The molecule has 0 unspecified atom stereocenters. The number of sulfone groups is 1. The van der Waals surface area contributed by atoms with Crippen molar-refractivity contribution in [3.63, 3.8) is 0 Å². The minimum absolute atomic E-state index is 0.254. The first-order valence-corrected chi connectivity index (χ1v) is 23.7. The second-order valence-electron chi connectivity index (χ2n) is 17.5. The Bertz CT molecular complexity index is 3680. The third-order valence-electron chi connectivity index (χ3n) is 13.4. The fourth-order valence-corrected chi connectivity index (χ4v) is 11.7. The summed E-state index contributed by atoms with van der Waals surface area (Å²) in [5.74, 6) is 1.55. The molecule has 0 saturated carbocycles. The van der Waals surface area contributed by atoms with Crippen LogP contribution in [0.5, 0.6) is 0 Å². The Hall–Kier alpha value is -8.06. The van der Waals surface area contributed by atoms with Crippen LogP contribution < -0.4 is 0 Å². The zero-order valence-corrected chi connectivity index (χ0v) is 37.1. The van der Waals surface area contributed by atoms with E-state index in [4.69, 9.17) is 15.0 Å². The first-order valence-electron chi connectivity index (χ1n) is 22.2. The molecule has 314 valence electrons. The molecule has 10 aromatic rings. The van der Waals surface area contributed by atoms with Crippen molar-refractivity contribution in [2.24, 2.45) is 0 Å². The topological polar surface area (TPSA) is 72.8 Å². The maximum Gasteiger partial charge on any atom is 0.207 e. The van der Waals surface area contributed by atoms with Crippen LogP contribution in [0.15, 0.2) is 222 Å². The largest absolute Gasteiger partial charge is 0.218 e. The molecule has 9 aromatic carbocycles. The molecular formula is C60H41N3O2S. The average molecular weight is 868 g/mol. The number of nitrogens with zero attached hydrogens (tertiary/aromatic N) is 3. The summed E-state index contributed by atoms with van der Waals surface area (Å²) in [4.78, 5) is 15.9. The second-order valence-corrected chi connectivity index (χ2v) is 19.4. The molecule has 66 heavy (non-hydrogen) atoms. The molecule has 0 fully saturated rings. The molecular weight excluding hydrogens is 827 g/mol. The minimum Gasteiger partial charge on any atom is -0.218 e. The van der Waals surface area contributed by atoms with Crippen molar-refractivity contribution < 1.29 is 8.42 Å². The maximum absolute atomic E-state index is 15.9. The summed E-state index contributed by atoms with van der Waals surface area (Å²) >= 11 is 0. The highest BCUT2D eigenvalue weighted by Gasteiger charge is 2.39. The standard InChI is InChI=1S/C60H41N3O2S/c1-60(2)53-27-15-13-25-48(53)51-36-52-50-35-42(59-62-57(40-19-7-4-8-20-40)61-58(63-59)41-31-29-39(30-32-41)38-17-5-3-6-18-38)33-34-47(50)45-23-10-9-21-43(45)44-22-11-12-24-46(44)49-26-14-16-28-55(49)66(64,65)56(52)37-54(51)60/h3-37H,1-2H3. The third-order valence-corrected chi connectivity index (χ3v) is 15.2. The Labute approximate surface area is 384 Å². The minimum atomic E-state index is -4.18. The van der Waals surface area contributed by atoms with E-state index in [9.17, 15) is 0 Å². The summed E-state index contributed by atoms with van der Waals surface area (Å²) in [7, 11) is -4.18. The molecule has 12 rings (SSSR count). The summed E-state index contributed by atoms with van der Waals surface area (Å²) in [5.41, 5.74) is 15.2. The fraction of sp³-hybridized carbons (Fsp3) is 0.0500. The van der Waals surface area contributed by atoms with E-state index in [0.29, 0.717) is 28.6 Å². The van der Waals surface area contributed by atoms with E-state index in [1.807, 2.05) is 91.0 Å². The van der Waals surface area contributed by atoms with E-state index in [0.717, 1.165) is 77.9 Å². The van der Waals surface area contributed by atoms with Gasteiger partial charge in [-0.1, -0.05) is 202 Å². The van der Waals surface area contributed by atoms with Crippen molar-refractivity contribution >= 4 is 9.84 Å². The lowest BCUT2D eigenvalue weighted by molar-refractivity contribution is 0.596. The second kappa shape index (κ2) is 15.3. The van der Waals surface area contributed by atoms with Gasteiger partial charge >= 0.3 is 0 Å². The van der Waals surface area contributed by atoms with Crippen molar-refractivity contribution in [3.05, 3.63) is 223 Å². The smallest absolute Gasteiger partial charge is 0.207 e. The van der Waals surface area contributed by atoms with Crippen LogP contribution in [0.2, 0.25) is 0 Å². The van der Waals surface area contributed by atoms with Gasteiger partial charge in [0, 0.05) is 33.2 Å². The van der Waals surface area contributed by atoms with Gasteiger partial charge in [0.25, 0.3) is 0 Å². The average Bonchev–Trinajstić information content (AvgIpc) is 3.60. The van der Waals surface area contributed by atoms with Gasteiger partial charge in [-0.2, -0.15) is 0 Å². The number of benzene rings is 9. The van der Waals surface area contributed by atoms with Crippen LogP contribution in [-0.4, -0.2) is 23.4 Å². The number of fused-ring (bicyclic) bond motifs is 12. The quantitative estimate of drug-likeness (QED) is 0.176. The molecule has 6 heteroatoms. The number of hydrogen-bond acceptors (Lipinski definition) is 5. The Kier molecular flexibility index (Phi) is 9.16. The molecule has 0 radical (unpaired) electrons. The molecule has 0 spiro atoms. The van der Waals surface area contributed by atoms with E-state index in [2.05, 4.69) is 129 Å². The Morgan fingerprint density at radius 1 is 0.303 bits per heavy atom. The van der Waals surface area contributed by atoms with Gasteiger partial charge in [0.15, 0.2) is 17.5 Å². The lowest BCUT2D eigenvalue weighted by Gasteiger charge is -2.24. The Morgan fingerprint density at radius 3 is 1.35 bits per heavy atom. The highest BCUT2D eigenvalue weighted by molar-refractivity contribution is 7.91. The summed E-state index contributed by atoms with van der Waals surface area (Å²) in [5, 5.41) is 0. The van der Waals surface area contributed by atoms with Crippen molar-refractivity contribution in [2.75, 3.05) is 0 Å². The zero-order chi connectivity index (χ0) is 44.6. The van der Waals surface area contributed by atoms with Crippen LogP contribution in [0.3, 0.4) is 0 Å². The first kappa shape index (κ1) is 39.5. The lowest BCUT2D eigenvalue weighted by Crippen LogP contribution is -2.16. The monoisotopic (exact) mass is 867 g/mol. The molecule has 1 aliphatic heterocycles. The van der Waals surface area contributed by atoms with Crippen LogP contribution in [-0.2, 0) is 15.3 Å². The number of rotatable bonds is 4. The van der Waals surface area contributed by atoms with Gasteiger partial charge in [-0.3, -0.25) is 0 Å². The van der Waals surface area contributed by atoms with Crippen LogP contribution in [0.4, 0.5) is 0 Å². The molecule has 0 bridgehead atoms. The normalized spacial score (nSPS) is 13.7. The third kappa shape index (κ3) is 6.36. The molecule has 0 amide bonds. The molecule has 1 aliphatic carbocycles. The lowest BCUT2D eigenvalue weighted by atomic mass is 9.81. The number of hydrogen-bond donors (Lipinski definition) is 0. The van der Waals surface area contributed by atoms with E-state index in [-0.39, 0.29) is 9.79 Å². The zero-order valence-electron chi connectivity index (χ0n) is 36.3. The van der Waals surface area contributed by atoms with Crippen LogP contribution in [0.25, 0.3) is 101 Å². The van der Waals surface area contributed by atoms with Gasteiger partial charge < -0.3 is 0 Å². The molecule has 2 heterocycles. The van der Waals surface area contributed by atoms with Crippen LogP contribution in [0.1, 0.15) is 25.0 Å². The van der Waals surface area contributed by atoms with Crippen molar-refractivity contribution in [1.29, 1.82) is 0 Å². The molecule has 2 aliphatic rings. The molecule has 0 saturated heterocycles. The van der Waals surface area contributed by atoms with Gasteiger partial charge in [-0.05, 0) is 91.0 Å². The molecule has 5 nitrogen and oxygen atoms in total. The van der Waals surface area contributed by atoms with Gasteiger partial charge in [0.1, 0.15) is 0 Å². The predicted molar refractivity (Wildman–Crippen MR) is 266 cm³/mol. The fourth-order valence-electron chi connectivity index (χ4n) is 10.0. The van der Waals surface area contributed by atoms with Gasteiger partial charge in [-0.25, -0.2) is 23.4 Å². The van der Waals surface area contributed by atoms with E-state index in [1.54, 1.807) is 6.07 Å².